The van der Waals surface area contributed by atoms with E-state index in [2.05, 4.69) is 54.7 Å². The van der Waals surface area contributed by atoms with Gasteiger partial charge < -0.3 is 5.32 Å². The third kappa shape index (κ3) is 3.39. The lowest BCUT2D eigenvalue weighted by molar-refractivity contribution is 1.17. The van der Waals surface area contributed by atoms with Crippen LogP contribution in [-0.2, 0) is 6.42 Å². The number of halogens is 1. The summed E-state index contributed by atoms with van der Waals surface area (Å²) >= 11 is 7.71. The van der Waals surface area contributed by atoms with Crippen LogP contribution < -0.4 is 5.32 Å². The molecule has 0 radical (unpaired) electrons. The van der Waals surface area contributed by atoms with Gasteiger partial charge in [-0.2, -0.15) is 0 Å². The molecule has 0 saturated heterocycles. The normalized spacial score (nSPS) is 11.0. The molecule has 0 spiro atoms. The van der Waals surface area contributed by atoms with Gasteiger partial charge in [0.15, 0.2) is 5.13 Å². The summed E-state index contributed by atoms with van der Waals surface area (Å²) in [5, 5.41) is 7.57. The smallest absolute Gasteiger partial charge is 0.187 e. The second-order valence-electron chi connectivity index (χ2n) is 5.84. The molecule has 0 unspecified atom stereocenters. The number of aromatic nitrogens is 1. The molecule has 0 atom stereocenters. The zero-order valence-corrected chi connectivity index (χ0v) is 15.4. The first kappa shape index (κ1) is 16.1. The maximum absolute atomic E-state index is 6.00. The van der Waals surface area contributed by atoms with Crippen molar-refractivity contribution in [3.63, 3.8) is 0 Å². The lowest BCUT2D eigenvalue weighted by atomic mass is 10.1. The summed E-state index contributed by atoms with van der Waals surface area (Å²) in [6.45, 7) is 2.16. The van der Waals surface area contributed by atoms with E-state index in [1.807, 2.05) is 24.3 Å². The first-order valence-corrected chi connectivity index (χ1v) is 9.44. The van der Waals surface area contributed by atoms with Crippen LogP contribution in [0.5, 0.6) is 0 Å². The number of benzene rings is 3. The number of fused-ring (bicyclic) bond motifs is 1. The molecule has 0 bridgehead atoms. The van der Waals surface area contributed by atoms with Crippen molar-refractivity contribution in [2.24, 2.45) is 0 Å². The van der Waals surface area contributed by atoms with E-state index < -0.39 is 0 Å². The Kier molecular flexibility index (Phi) is 4.43. The minimum Gasteiger partial charge on any atom is -0.332 e. The number of hydrogen-bond acceptors (Lipinski definition) is 3. The van der Waals surface area contributed by atoms with Crippen molar-refractivity contribution in [3.05, 3.63) is 76.6 Å². The minimum atomic E-state index is 0.742. The Morgan fingerprint density at radius 1 is 0.960 bits per heavy atom. The SMILES string of the molecule is CCc1sc(Nc2ccc3ccccc3c2)nc1-c1ccc(Cl)cc1. The van der Waals surface area contributed by atoms with Crippen molar-refractivity contribution in [2.45, 2.75) is 13.3 Å². The highest BCUT2D eigenvalue weighted by Crippen LogP contribution is 2.34. The topological polar surface area (TPSA) is 24.9 Å². The second kappa shape index (κ2) is 6.87. The third-order valence-electron chi connectivity index (χ3n) is 4.14. The highest BCUT2D eigenvalue weighted by atomic mass is 35.5. The average Bonchev–Trinajstić information content (AvgIpc) is 3.05. The molecule has 1 heterocycles. The summed E-state index contributed by atoms with van der Waals surface area (Å²) in [7, 11) is 0. The Labute approximate surface area is 156 Å². The fourth-order valence-electron chi connectivity index (χ4n) is 2.87. The highest BCUT2D eigenvalue weighted by Gasteiger charge is 2.12. The predicted octanol–water partition coefficient (Wildman–Crippen LogP) is 6.92. The number of rotatable bonds is 4. The molecule has 4 heteroatoms. The van der Waals surface area contributed by atoms with Gasteiger partial charge in [0, 0.05) is 21.2 Å². The molecule has 0 aliphatic rings. The maximum Gasteiger partial charge on any atom is 0.187 e. The summed E-state index contributed by atoms with van der Waals surface area (Å²) < 4.78 is 0. The molecule has 4 rings (SSSR count). The van der Waals surface area contributed by atoms with E-state index >= 15 is 0 Å². The Hall–Kier alpha value is -2.36. The first-order valence-electron chi connectivity index (χ1n) is 8.24. The molecule has 2 nitrogen and oxygen atoms in total. The van der Waals surface area contributed by atoms with Crippen molar-refractivity contribution in [3.8, 4) is 11.3 Å². The van der Waals surface area contributed by atoms with Gasteiger partial charge in [-0.15, -0.1) is 11.3 Å². The van der Waals surface area contributed by atoms with Crippen molar-refractivity contribution in [2.75, 3.05) is 5.32 Å². The number of hydrogen-bond donors (Lipinski definition) is 1. The van der Waals surface area contributed by atoms with E-state index in [9.17, 15) is 0 Å². The van der Waals surface area contributed by atoms with Crippen LogP contribution in [0.3, 0.4) is 0 Å². The Balaban J connectivity index is 1.67. The van der Waals surface area contributed by atoms with Crippen LogP contribution in [0.15, 0.2) is 66.7 Å². The largest absolute Gasteiger partial charge is 0.332 e. The van der Waals surface area contributed by atoms with Crippen LogP contribution in [0.4, 0.5) is 10.8 Å². The molecule has 1 N–H and O–H groups in total. The molecule has 0 fully saturated rings. The molecule has 0 saturated carbocycles. The predicted molar refractivity (Wildman–Crippen MR) is 109 cm³/mol. The van der Waals surface area contributed by atoms with E-state index in [1.54, 1.807) is 11.3 Å². The summed E-state index contributed by atoms with van der Waals surface area (Å²) in [5.74, 6) is 0. The maximum atomic E-state index is 6.00. The summed E-state index contributed by atoms with van der Waals surface area (Å²) in [5.41, 5.74) is 3.19. The molecular formula is C21H17ClN2S. The number of nitrogens with one attached hydrogen (secondary N) is 1. The first-order chi connectivity index (χ1) is 12.2. The molecule has 124 valence electrons. The lowest BCUT2D eigenvalue weighted by Crippen LogP contribution is -1.89. The van der Waals surface area contributed by atoms with Crippen LogP contribution in [0, 0.1) is 0 Å². The van der Waals surface area contributed by atoms with Crippen LogP contribution in [0.25, 0.3) is 22.0 Å². The minimum absolute atomic E-state index is 0.742. The average molecular weight is 365 g/mol. The van der Waals surface area contributed by atoms with Gasteiger partial charge in [0.2, 0.25) is 0 Å². The molecule has 4 aromatic rings. The lowest BCUT2D eigenvalue weighted by Gasteiger charge is -2.04. The zero-order chi connectivity index (χ0) is 17.2. The van der Waals surface area contributed by atoms with Crippen molar-refractivity contribution >= 4 is 44.5 Å². The van der Waals surface area contributed by atoms with Crippen molar-refractivity contribution < 1.29 is 0 Å². The molecule has 3 aromatic carbocycles. The number of thiazole rings is 1. The highest BCUT2D eigenvalue weighted by molar-refractivity contribution is 7.16. The molecule has 1 aromatic heterocycles. The summed E-state index contributed by atoms with van der Waals surface area (Å²) in [6.07, 6.45) is 0.953. The van der Waals surface area contributed by atoms with Gasteiger partial charge in [-0.25, -0.2) is 4.98 Å². The van der Waals surface area contributed by atoms with E-state index in [-0.39, 0.29) is 0 Å². The fourth-order valence-corrected chi connectivity index (χ4v) is 3.94. The second-order valence-corrected chi connectivity index (χ2v) is 7.36. The fraction of sp³-hybridized carbons (Fsp3) is 0.0952. The van der Waals surface area contributed by atoms with Crippen molar-refractivity contribution in [1.82, 2.24) is 4.98 Å². The van der Waals surface area contributed by atoms with Crippen LogP contribution in [0.2, 0.25) is 5.02 Å². The van der Waals surface area contributed by atoms with Crippen molar-refractivity contribution in [1.29, 1.82) is 0 Å². The number of aryl methyl sites for hydroxylation is 1. The van der Waals surface area contributed by atoms with E-state index in [0.29, 0.717) is 0 Å². The molecule has 0 aliphatic carbocycles. The molecule has 25 heavy (non-hydrogen) atoms. The quantitative estimate of drug-likeness (QED) is 0.425. The van der Waals surface area contributed by atoms with Gasteiger partial charge in [0.25, 0.3) is 0 Å². The van der Waals surface area contributed by atoms with Gasteiger partial charge in [-0.1, -0.05) is 61.0 Å². The van der Waals surface area contributed by atoms with Gasteiger partial charge >= 0.3 is 0 Å². The van der Waals surface area contributed by atoms with Crippen LogP contribution in [-0.4, -0.2) is 4.98 Å². The summed E-state index contributed by atoms with van der Waals surface area (Å²) in [4.78, 5) is 6.09. The van der Waals surface area contributed by atoms with Gasteiger partial charge in [-0.3, -0.25) is 0 Å². The molecular weight excluding hydrogens is 348 g/mol. The molecule has 0 amide bonds. The Morgan fingerprint density at radius 3 is 2.48 bits per heavy atom. The standard InChI is InChI=1S/C21H17ClN2S/c1-2-19-20(15-7-10-17(22)11-8-15)24-21(25-19)23-18-12-9-14-5-3-4-6-16(14)13-18/h3-13H,2H2,1H3,(H,23,24). The van der Waals surface area contributed by atoms with E-state index in [4.69, 9.17) is 16.6 Å². The Bertz CT molecular complexity index is 1020. The number of anilines is 2. The van der Waals surface area contributed by atoms with Gasteiger partial charge in [0.05, 0.1) is 5.69 Å². The molecule has 0 aliphatic heterocycles. The third-order valence-corrected chi connectivity index (χ3v) is 5.50. The summed E-state index contributed by atoms with van der Waals surface area (Å²) in [6, 6.07) is 22.6. The van der Waals surface area contributed by atoms with E-state index in [1.165, 1.54) is 15.6 Å². The van der Waals surface area contributed by atoms with Crippen LogP contribution in [0.1, 0.15) is 11.8 Å². The van der Waals surface area contributed by atoms with Gasteiger partial charge in [-0.05, 0) is 41.5 Å². The van der Waals surface area contributed by atoms with Crippen LogP contribution >= 0.6 is 22.9 Å². The zero-order valence-electron chi connectivity index (χ0n) is 13.8. The monoisotopic (exact) mass is 364 g/mol. The Morgan fingerprint density at radius 2 is 1.72 bits per heavy atom. The van der Waals surface area contributed by atoms with Gasteiger partial charge in [0.1, 0.15) is 0 Å². The van der Waals surface area contributed by atoms with E-state index in [0.717, 1.165) is 33.5 Å². The number of nitrogens with zero attached hydrogens (tertiary/aromatic N) is 1.